The third-order valence-corrected chi connectivity index (χ3v) is 4.24. The summed E-state index contributed by atoms with van der Waals surface area (Å²) in [5.41, 5.74) is 0.226. The molecule has 25 heavy (non-hydrogen) atoms. The first-order valence-corrected chi connectivity index (χ1v) is 8.50. The van der Waals surface area contributed by atoms with Crippen LogP contribution in [0.4, 0.5) is 5.82 Å². The monoisotopic (exact) mass is 367 g/mol. The minimum atomic E-state index is -0.529. The van der Waals surface area contributed by atoms with E-state index in [4.69, 9.17) is 14.2 Å². The summed E-state index contributed by atoms with van der Waals surface area (Å²) in [5.74, 6) is 0.0634. The lowest BCUT2D eigenvalue weighted by Gasteiger charge is -2.21. The van der Waals surface area contributed by atoms with Crippen molar-refractivity contribution in [2.75, 3.05) is 32.3 Å². The molecule has 0 spiro atoms. The molecule has 0 saturated carbocycles. The Labute approximate surface area is 149 Å². The highest BCUT2D eigenvalue weighted by molar-refractivity contribution is 7.10. The first-order valence-electron chi connectivity index (χ1n) is 7.62. The van der Waals surface area contributed by atoms with E-state index in [0.29, 0.717) is 5.75 Å². The van der Waals surface area contributed by atoms with Crippen LogP contribution in [0, 0.1) is 0 Å². The summed E-state index contributed by atoms with van der Waals surface area (Å²) in [5, 5.41) is 6.16. The van der Waals surface area contributed by atoms with Crippen LogP contribution < -0.4 is 9.64 Å². The van der Waals surface area contributed by atoms with Crippen LogP contribution in [0.15, 0.2) is 17.6 Å². The van der Waals surface area contributed by atoms with Gasteiger partial charge in [-0.3, -0.25) is 14.4 Å². The molecule has 0 aliphatic heterocycles. The maximum absolute atomic E-state index is 12.6. The molecule has 0 unspecified atom stereocenters. The van der Waals surface area contributed by atoms with Crippen molar-refractivity contribution >= 4 is 29.0 Å². The fourth-order valence-electron chi connectivity index (χ4n) is 2.28. The molecule has 0 aliphatic rings. The zero-order valence-electron chi connectivity index (χ0n) is 14.6. The maximum Gasteiger partial charge on any atom is 0.343 e. The fourth-order valence-corrected chi connectivity index (χ4v) is 3.11. The number of esters is 1. The van der Waals surface area contributed by atoms with Gasteiger partial charge in [-0.15, -0.1) is 11.3 Å². The number of hydrogen-bond donors (Lipinski definition) is 0. The van der Waals surface area contributed by atoms with Gasteiger partial charge in [0.05, 0.1) is 25.1 Å². The van der Waals surface area contributed by atoms with Crippen LogP contribution in [0.2, 0.25) is 0 Å². The quantitative estimate of drug-likeness (QED) is 0.662. The predicted octanol–water partition coefficient (Wildman–Crippen LogP) is 1.85. The van der Waals surface area contributed by atoms with Crippen molar-refractivity contribution in [3.05, 3.63) is 28.1 Å². The summed E-state index contributed by atoms with van der Waals surface area (Å²) in [6, 6.07) is 1.82. The van der Waals surface area contributed by atoms with E-state index in [9.17, 15) is 9.59 Å². The highest BCUT2D eigenvalue weighted by Crippen LogP contribution is 2.29. The molecule has 0 aliphatic carbocycles. The zero-order chi connectivity index (χ0) is 18.4. The van der Waals surface area contributed by atoms with E-state index in [1.807, 2.05) is 11.4 Å². The lowest BCUT2D eigenvalue weighted by atomic mass is 10.3. The van der Waals surface area contributed by atoms with Gasteiger partial charge in [-0.25, -0.2) is 4.79 Å². The van der Waals surface area contributed by atoms with Gasteiger partial charge in [0.15, 0.2) is 5.82 Å². The number of carbonyl (C=O) groups excluding carboxylic acids is 2. The minimum absolute atomic E-state index is 0.132. The highest BCUT2D eigenvalue weighted by atomic mass is 32.1. The van der Waals surface area contributed by atoms with Crippen molar-refractivity contribution in [1.82, 2.24) is 9.78 Å². The molecule has 0 N–H and O–H groups in total. The van der Waals surface area contributed by atoms with Crippen molar-refractivity contribution in [2.24, 2.45) is 7.05 Å². The van der Waals surface area contributed by atoms with Crippen LogP contribution in [0.3, 0.4) is 0 Å². The standard InChI is InChI=1S/C16H21N3O5S/c1-5-24-16(21)11-8-18(2)17-15(11)19(14(20)10-22-3)9-13-12(23-4)6-7-25-13/h6-8H,5,9-10H2,1-4H3. The molecule has 8 nitrogen and oxygen atoms in total. The van der Waals surface area contributed by atoms with E-state index < -0.39 is 5.97 Å². The van der Waals surface area contributed by atoms with Crippen LogP contribution >= 0.6 is 11.3 Å². The number of hydrogen-bond acceptors (Lipinski definition) is 7. The summed E-state index contributed by atoms with van der Waals surface area (Å²) in [6.45, 7) is 2.04. The molecule has 136 valence electrons. The van der Waals surface area contributed by atoms with Crippen LogP contribution in [-0.2, 0) is 27.9 Å². The van der Waals surface area contributed by atoms with Crippen LogP contribution in [-0.4, -0.2) is 49.1 Å². The molecule has 0 radical (unpaired) electrons. The number of amides is 1. The third-order valence-electron chi connectivity index (χ3n) is 3.36. The molecule has 0 fully saturated rings. The van der Waals surface area contributed by atoms with Gasteiger partial charge in [-0.1, -0.05) is 0 Å². The van der Waals surface area contributed by atoms with E-state index in [2.05, 4.69) is 5.10 Å². The van der Waals surface area contributed by atoms with Crippen LogP contribution in [0.5, 0.6) is 5.75 Å². The normalized spacial score (nSPS) is 10.6. The molecule has 2 aromatic rings. The maximum atomic E-state index is 12.6. The largest absolute Gasteiger partial charge is 0.496 e. The van der Waals surface area contributed by atoms with Crippen LogP contribution in [0.1, 0.15) is 22.2 Å². The van der Waals surface area contributed by atoms with Crippen LogP contribution in [0.25, 0.3) is 0 Å². The Hall–Kier alpha value is -2.39. The van der Waals surface area contributed by atoms with E-state index in [1.54, 1.807) is 21.1 Å². The average Bonchev–Trinajstić information content (AvgIpc) is 3.18. The molecule has 0 aromatic carbocycles. The number of aryl methyl sites for hydroxylation is 1. The zero-order valence-corrected chi connectivity index (χ0v) is 15.5. The number of aromatic nitrogens is 2. The van der Waals surface area contributed by atoms with Crippen molar-refractivity contribution < 1.29 is 23.8 Å². The molecule has 1 amide bonds. The van der Waals surface area contributed by atoms with Gasteiger partial charge in [-0.2, -0.15) is 5.10 Å². The van der Waals surface area contributed by atoms with Gasteiger partial charge in [0.1, 0.15) is 17.9 Å². The van der Waals surface area contributed by atoms with E-state index in [0.717, 1.165) is 4.88 Å². The van der Waals surface area contributed by atoms with Gasteiger partial charge in [-0.05, 0) is 18.4 Å². The topological polar surface area (TPSA) is 82.9 Å². The second kappa shape index (κ2) is 8.63. The van der Waals surface area contributed by atoms with E-state index >= 15 is 0 Å². The summed E-state index contributed by atoms with van der Waals surface area (Å²) in [4.78, 5) is 27.0. The Morgan fingerprint density at radius 2 is 2.12 bits per heavy atom. The molecule has 9 heteroatoms. The number of ether oxygens (including phenoxy) is 3. The summed E-state index contributed by atoms with van der Waals surface area (Å²) >= 11 is 1.45. The first-order chi connectivity index (χ1) is 12.0. The fraction of sp³-hybridized carbons (Fsp3) is 0.438. The average molecular weight is 367 g/mol. The third kappa shape index (κ3) is 4.37. The Morgan fingerprint density at radius 3 is 2.76 bits per heavy atom. The van der Waals surface area contributed by atoms with Gasteiger partial charge >= 0.3 is 5.97 Å². The van der Waals surface area contributed by atoms with Gasteiger partial charge in [0.2, 0.25) is 0 Å². The molecular formula is C16H21N3O5S. The highest BCUT2D eigenvalue weighted by Gasteiger charge is 2.27. The lowest BCUT2D eigenvalue weighted by molar-refractivity contribution is -0.122. The Balaban J connectivity index is 2.42. The van der Waals surface area contributed by atoms with E-state index in [-0.39, 0.29) is 37.0 Å². The minimum Gasteiger partial charge on any atom is -0.496 e. The lowest BCUT2D eigenvalue weighted by Crippen LogP contribution is -2.34. The number of carbonyl (C=O) groups is 2. The molecular weight excluding hydrogens is 346 g/mol. The number of thiophene rings is 1. The van der Waals surface area contributed by atoms with Crippen molar-refractivity contribution in [3.63, 3.8) is 0 Å². The Morgan fingerprint density at radius 1 is 1.36 bits per heavy atom. The second-order valence-electron chi connectivity index (χ2n) is 5.09. The van der Waals surface area contributed by atoms with Crippen molar-refractivity contribution in [1.29, 1.82) is 0 Å². The van der Waals surface area contributed by atoms with Crippen molar-refractivity contribution in [2.45, 2.75) is 13.5 Å². The molecule has 2 rings (SSSR count). The first kappa shape index (κ1) is 18.9. The number of methoxy groups -OCH3 is 2. The SMILES string of the molecule is CCOC(=O)c1cn(C)nc1N(Cc1sccc1OC)C(=O)COC. The molecule has 2 aromatic heterocycles. The van der Waals surface area contributed by atoms with Gasteiger partial charge < -0.3 is 14.2 Å². The number of rotatable bonds is 8. The van der Waals surface area contributed by atoms with Gasteiger partial charge in [0, 0.05) is 20.4 Å². The summed E-state index contributed by atoms with van der Waals surface area (Å²) in [6.07, 6.45) is 1.53. The molecule has 0 bridgehead atoms. The number of nitrogens with zero attached hydrogens (tertiary/aromatic N) is 3. The Kier molecular flexibility index (Phi) is 6.54. The van der Waals surface area contributed by atoms with Crippen molar-refractivity contribution in [3.8, 4) is 5.75 Å². The summed E-state index contributed by atoms with van der Waals surface area (Å²) in [7, 11) is 4.68. The molecule has 0 atom stereocenters. The second-order valence-corrected chi connectivity index (χ2v) is 6.09. The Bertz CT molecular complexity index is 740. The molecule has 0 saturated heterocycles. The molecule has 2 heterocycles. The van der Waals surface area contributed by atoms with Gasteiger partial charge in [0.25, 0.3) is 5.91 Å². The summed E-state index contributed by atoms with van der Waals surface area (Å²) < 4.78 is 16.8. The smallest absolute Gasteiger partial charge is 0.343 e. The van der Waals surface area contributed by atoms with E-state index in [1.165, 1.54) is 34.2 Å². The predicted molar refractivity (Wildman–Crippen MR) is 93.1 cm³/mol. The number of anilines is 1.